The van der Waals surface area contributed by atoms with Gasteiger partial charge < -0.3 is 5.73 Å². The third-order valence-corrected chi connectivity index (χ3v) is 5.51. The lowest BCUT2D eigenvalue weighted by atomic mass is 10.2. The molecule has 0 aliphatic rings. The molecule has 0 saturated carbocycles. The van der Waals surface area contributed by atoms with Crippen LogP contribution in [0.2, 0.25) is 0 Å². The molecule has 4 nitrogen and oxygen atoms in total. The molecule has 0 aliphatic heterocycles. The van der Waals surface area contributed by atoms with Gasteiger partial charge in [0.1, 0.15) is 0 Å². The average Bonchev–Trinajstić information content (AvgIpc) is 2.69. The fourth-order valence-corrected chi connectivity index (χ4v) is 4.19. The summed E-state index contributed by atoms with van der Waals surface area (Å²) in [6, 6.07) is 5.51. The minimum absolute atomic E-state index is 0.438. The van der Waals surface area contributed by atoms with Gasteiger partial charge in [-0.25, -0.2) is 0 Å². The first kappa shape index (κ1) is 15.3. The number of rotatable bonds is 4. The van der Waals surface area contributed by atoms with E-state index in [1.807, 2.05) is 26.1 Å². The topological polar surface area (TPSA) is 60.9 Å². The van der Waals surface area contributed by atoms with Crippen molar-refractivity contribution in [3.05, 3.63) is 39.6 Å². The third-order valence-electron chi connectivity index (χ3n) is 3.27. The lowest BCUT2D eigenvalue weighted by Crippen LogP contribution is -2.04. The summed E-state index contributed by atoms with van der Waals surface area (Å²) < 4.78 is 15.2. The van der Waals surface area contributed by atoms with Crippen molar-refractivity contribution >= 4 is 32.4 Å². The molecule has 20 heavy (non-hydrogen) atoms. The number of hydrogen-bond donors (Lipinski definition) is 1. The summed E-state index contributed by atoms with van der Waals surface area (Å²) in [5.41, 5.74) is 9.41. The second-order valence-corrected chi connectivity index (χ2v) is 6.94. The van der Waals surface area contributed by atoms with Crippen LogP contribution in [-0.4, -0.2) is 14.0 Å². The predicted molar refractivity (Wildman–Crippen MR) is 86.0 cm³/mol. The van der Waals surface area contributed by atoms with E-state index in [2.05, 4.69) is 28.0 Å². The van der Waals surface area contributed by atoms with Crippen LogP contribution < -0.4 is 5.73 Å². The molecule has 1 atom stereocenters. The maximum absolute atomic E-state index is 12.5. The van der Waals surface area contributed by atoms with E-state index in [-0.39, 0.29) is 0 Å². The summed E-state index contributed by atoms with van der Waals surface area (Å²) in [5.74, 6) is 0.438. The highest BCUT2D eigenvalue weighted by Gasteiger charge is 2.16. The molecule has 108 valence electrons. The van der Waals surface area contributed by atoms with E-state index in [0.29, 0.717) is 5.75 Å². The molecule has 6 heteroatoms. The van der Waals surface area contributed by atoms with Gasteiger partial charge in [0.05, 0.1) is 32.4 Å². The van der Waals surface area contributed by atoms with Gasteiger partial charge in [0.15, 0.2) is 0 Å². The zero-order valence-corrected chi connectivity index (χ0v) is 14.2. The summed E-state index contributed by atoms with van der Waals surface area (Å²) in [5, 5.41) is 4.42. The number of aryl methyl sites for hydroxylation is 3. The number of nitrogens with two attached hydrogens (primary N) is 1. The molecule has 1 heterocycles. The van der Waals surface area contributed by atoms with Gasteiger partial charge in [0.25, 0.3) is 0 Å². The molecule has 2 rings (SSSR count). The number of benzene rings is 1. The van der Waals surface area contributed by atoms with Crippen molar-refractivity contribution in [3.63, 3.8) is 0 Å². The van der Waals surface area contributed by atoms with Gasteiger partial charge >= 0.3 is 0 Å². The summed E-state index contributed by atoms with van der Waals surface area (Å²) in [4.78, 5) is 0.794. The van der Waals surface area contributed by atoms with Crippen molar-refractivity contribution in [2.24, 2.45) is 7.05 Å². The minimum Gasteiger partial charge on any atom is -0.399 e. The summed E-state index contributed by atoms with van der Waals surface area (Å²) >= 11 is 3.55. The van der Waals surface area contributed by atoms with Gasteiger partial charge in [0, 0.05) is 17.6 Å². The molecule has 1 unspecified atom stereocenters. The summed E-state index contributed by atoms with van der Waals surface area (Å²) in [7, 11) is 0.771. The first-order valence-corrected chi connectivity index (χ1v) is 8.50. The molecular weight excluding hydrogens is 338 g/mol. The molecule has 0 radical (unpaired) electrons. The fourth-order valence-electron chi connectivity index (χ4n) is 1.97. The molecule has 0 bridgehead atoms. The Hall–Kier alpha value is -1.14. The monoisotopic (exact) mass is 355 g/mol. The Morgan fingerprint density at radius 3 is 2.70 bits per heavy atom. The highest BCUT2D eigenvalue weighted by molar-refractivity contribution is 9.10. The quantitative estimate of drug-likeness (QED) is 0.857. The normalized spacial score (nSPS) is 12.6. The molecule has 0 aliphatic carbocycles. The second kappa shape index (κ2) is 6.10. The van der Waals surface area contributed by atoms with E-state index in [1.54, 1.807) is 10.7 Å². The lowest BCUT2D eigenvalue weighted by Gasteiger charge is -2.06. The summed E-state index contributed by atoms with van der Waals surface area (Å²) in [6.45, 7) is 3.97. The Kier molecular flexibility index (Phi) is 4.65. The van der Waals surface area contributed by atoms with Gasteiger partial charge in [-0.1, -0.05) is 6.92 Å². The maximum Gasteiger partial charge on any atom is 0.0767 e. The standard InChI is InChI=1S/C14H18BrN3OS/c1-4-12-14(15)13(18(3)17-12)8-20(19)10-5-6-11(16)9(2)7-10/h5-7H,4,8,16H2,1-3H3. The fraction of sp³-hybridized carbons (Fsp3) is 0.357. The number of halogens is 1. The van der Waals surface area contributed by atoms with Crippen LogP contribution in [0.1, 0.15) is 23.9 Å². The van der Waals surface area contributed by atoms with E-state index in [1.165, 1.54) is 0 Å². The highest BCUT2D eigenvalue weighted by atomic mass is 79.9. The third kappa shape index (κ3) is 2.96. The molecule has 0 saturated heterocycles. The number of anilines is 1. The Bertz CT molecular complexity index is 667. The SMILES string of the molecule is CCc1nn(C)c(CS(=O)c2ccc(N)c(C)c2)c1Br. The molecule has 1 aromatic heterocycles. The van der Waals surface area contributed by atoms with E-state index >= 15 is 0 Å². The number of nitrogen functional groups attached to an aromatic ring is 1. The Morgan fingerprint density at radius 1 is 1.45 bits per heavy atom. The van der Waals surface area contributed by atoms with Crippen LogP contribution in [0, 0.1) is 6.92 Å². The van der Waals surface area contributed by atoms with Crippen molar-refractivity contribution in [2.75, 3.05) is 5.73 Å². The van der Waals surface area contributed by atoms with Crippen LogP contribution in [0.25, 0.3) is 0 Å². The Morgan fingerprint density at radius 2 is 2.15 bits per heavy atom. The van der Waals surface area contributed by atoms with E-state index in [9.17, 15) is 4.21 Å². The largest absolute Gasteiger partial charge is 0.399 e. The molecular formula is C14H18BrN3OS. The van der Waals surface area contributed by atoms with E-state index in [0.717, 1.165) is 38.4 Å². The molecule has 2 aromatic rings. The van der Waals surface area contributed by atoms with Gasteiger partial charge in [-0.3, -0.25) is 8.89 Å². The van der Waals surface area contributed by atoms with Crippen LogP contribution in [0.3, 0.4) is 0 Å². The van der Waals surface area contributed by atoms with E-state index in [4.69, 9.17) is 5.73 Å². The second-order valence-electron chi connectivity index (χ2n) is 4.69. The first-order valence-electron chi connectivity index (χ1n) is 6.38. The van der Waals surface area contributed by atoms with Gasteiger partial charge in [-0.05, 0) is 53.0 Å². The van der Waals surface area contributed by atoms with Crippen LogP contribution in [0.15, 0.2) is 27.6 Å². The van der Waals surface area contributed by atoms with Crippen LogP contribution in [0.4, 0.5) is 5.69 Å². The van der Waals surface area contributed by atoms with Crippen molar-refractivity contribution in [2.45, 2.75) is 30.9 Å². The highest BCUT2D eigenvalue weighted by Crippen LogP contribution is 2.25. The van der Waals surface area contributed by atoms with Crippen molar-refractivity contribution < 1.29 is 4.21 Å². The first-order chi connectivity index (χ1) is 9.43. The zero-order valence-electron chi connectivity index (χ0n) is 11.8. The van der Waals surface area contributed by atoms with Gasteiger partial charge in [-0.15, -0.1) is 0 Å². The predicted octanol–water partition coefficient (Wildman–Crippen LogP) is 2.94. The lowest BCUT2D eigenvalue weighted by molar-refractivity contribution is 0.675. The number of nitrogens with zero attached hydrogens (tertiary/aromatic N) is 2. The smallest absolute Gasteiger partial charge is 0.0767 e. The van der Waals surface area contributed by atoms with Crippen LogP contribution in [-0.2, 0) is 30.0 Å². The Labute approximate surface area is 130 Å². The van der Waals surface area contributed by atoms with Crippen molar-refractivity contribution in [3.8, 4) is 0 Å². The number of aromatic nitrogens is 2. The maximum atomic E-state index is 12.5. The minimum atomic E-state index is -1.11. The van der Waals surface area contributed by atoms with Gasteiger partial charge in [-0.2, -0.15) is 5.10 Å². The van der Waals surface area contributed by atoms with Crippen LogP contribution >= 0.6 is 15.9 Å². The molecule has 1 aromatic carbocycles. The van der Waals surface area contributed by atoms with Crippen molar-refractivity contribution in [1.29, 1.82) is 0 Å². The molecule has 0 spiro atoms. The molecule has 0 amide bonds. The molecule has 0 fully saturated rings. The zero-order chi connectivity index (χ0) is 14.9. The van der Waals surface area contributed by atoms with Crippen molar-refractivity contribution in [1.82, 2.24) is 9.78 Å². The molecule has 2 N–H and O–H groups in total. The van der Waals surface area contributed by atoms with Crippen LogP contribution in [0.5, 0.6) is 0 Å². The number of hydrogen-bond acceptors (Lipinski definition) is 3. The van der Waals surface area contributed by atoms with E-state index < -0.39 is 10.8 Å². The van der Waals surface area contributed by atoms with Gasteiger partial charge in [0.2, 0.25) is 0 Å². The summed E-state index contributed by atoms with van der Waals surface area (Å²) in [6.07, 6.45) is 0.849. The Balaban J connectivity index is 2.28. The average molecular weight is 356 g/mol.